The van der Waals surface area contributed by atoms with Crippen molar-refractivity contribution in [3.05, 3.63) is 16.0 Å². The van der Waals surface area contributed by atoms with Crippen molar-refractivity contribution >= 4 is 71.8 Å². The Morgan fingerprint density at radius 2 is 1.71 bits per heavy atom. The quantitative estimate of drug-likeness (QED) is 0.325. The van der Waals surface area contributed by atoms with E-state index < -0.39 is 0 Å². The summed E-state index contributed by atoms with van der Waals surface area (Å²) in [6.07, 6.45) is 2.25. The summed E-state index contributed by atoms with van der Waals surface area (Å²) in [6.45, 7) is 8.16. The molecule has 1 aromatic rings. The number of nitrogens with one attached hydrogen (secondary N) is 1. The molecule has 31 heavy (non-hydrogen) atoms. The molecule has 176 valence electrons. The van der Waals surface area contributed by atoms with E-state index >= 15 is 0 Å². The van der Waals surface area contributed by atoms with Crippen molar-refractivity contribution in [2.45, 2.75) is 58.7 Å². The van der Waals surface area contributed by atoms with Crippen molar-refractivity contribution in [1.82, 2.24) is 14.9 Å². The van der Waals surface area contributed by atoms with Crippen LogP contribution in [0.15, 0.2) is 0 Å². The van der Waals surface area contributed by atoms with Crippen molar-refractivity contribution in [3.8, 4) is 0 Å². The second kappa shape index (κ2) is 14.6. The van der Waals surface area contributed by atoms with E-state index in [1.165, 1.54) is 0 Å². The van der Waals surface area contributed by atoms with Gasteiger partial charge in [-0.3, -0.25) is 0 Å². The Morgan fingerprint density at radius 1 is 1.16 bits per heavy atom. The molecule has 0 aromatic carbocycles. The lowest BCUT2D eigenvalue weighted by atomic mass is 10.1. The molecule has 2 aliphatic rings. The van der Waals surface area contributed by atoms with Crippen molar-refractivity contribution < 1.29 is 14.6 Å². The van der Waals surface area contributed by atoms with Gasteiger partial charge in [0.15, 0.2) is 16.1 Å². The monoisotopic (exact) mass is 605 g/mol. The molecule has 0 aliphatic carbocycles. The lowest BCUT2D eigenvalue weighted by molar-refractivity contribution is 0.0457. The van der Waals surface area contributed by atoms with Gasteiger partial charge in [0.1, 0.15) is 0 Å². The first-order valence-electron chi connectivity index (χ1n) is 9.98. The summed E-state index contributed by atoms with van der Waals surface area (Å²) in [6, 6.07) is 0. The van der Waals surface area contributed by atoms with E-state index in [1.807, 2.05) is 40.0 Å². The number of amides is 1. The zero-order valence-electron chi connectivity index (χ0n) is 17.9. The maximum Gasteiger partial charge on any atom is 0.410 e. The molecule has 2 fully saturated rings. The highest BCUT2D eigenvalue weighted by molar-refractivity contribution is 14.2. The van der Waals surface area contributed by atoms with Crippen LogP contribution in [0.1, 0.15) is 45.2 Å². The van der Waals surface area contributed by atoms with Crippen LogP contribution in [-0.4, -0.2) is 70.2 Å². The molecule has 1 aromatic heterocycles. The second-order valence-corrected chi connectivity index (χ2v) is 8.17. The Bertz CT molecular complexity index is 727. The van der Waals surface area contributed by atoms with Crippen molar-refractivity contribution in [3.63, 3.8) is 0 Å². The average molecular weight is 606 g/mol. The third-order valence-electron chi connectivity index (χ3n) is 4.68. The van der Waals surface area contributed by atoms with Gasteiger partial charge in [0, 0.05) is 44.7 Å². The van der Waals surface area contributed by atoms with Gasteiger partial charge in [0.25, 0.3) is 0 Å². The zero-order valence-corrected chi connectivity index (χ0v) is 22.5. The highest BCUT2D eigenvalue weighted by Gasteiger charge is 2.22. The van der Waals surface area contributed by atoms with Crippen LogP contribution in [0.2, 0.25) is 10.3 Å². The van der Waals surface area contributed by atoms with Crippen LogP contribution >= 0.6 is 54.2 Å². The third-order valence-corrected chi connectivity index (χ3v) is 5.29. The summed E-state index contributed by atoms with van der Waals surface area (Å²) in [5, 5.41) is 17.5. The summed E-state index contributed by atoms with van der Waals surface area (Å²) in [4.78, 5) is 23.4. The second-order valence-electron chi connectivity index (χ2n) is 7.46. The lowest BCUT2D eigenvalue weighted by Crippen LogP contribution is -2.41. The molecule has 0 unspecified atom stereocenters. The minimum Gasteiger partial charge on any atom is -0.447 e. The molecule has 0 bridgehead atoms. The summed E-state index contributed by atoms with van der Waals surface area (Å²) in [7, 11) is 3.50. The van der Waals surface area contributed by atoms with E-state index in [9.17, 15) is 9.90 Å². The number of nitrogens with zero attached hydrogens (tertiary/aromatic N) is 4. The van der Waals surface area contributed by atoms with Crippen molar-refractivity contribution in [2.24, 2.45) is 0 Å². The lowest BCUT2D eigenvalue weighted by Gasteiger charge is -2.29. The molecular weight excluding hydrogens is 576 g/mol. The van der Waals surface area contributed by atoms with E-state index in [0.29, 0.717) is 47.7 Å². The number of ether oxygens (including phenoxy) is 1. The van der Waals surface area contributed by atoms with Crippen LogP contribution in [0.25, 0.3) is 0 Å². The number of aliphatic hydroxyl groups is 1. The summed E-state index contributed by atoms with van der Waals surface area (Å²) < 4.78 is 5.03. The molecule has 3 heterocycles. The fourth-order valence-electron chi connectivity index (χ4n) is 2.98. The molecule has 2 N–H and O–H groups in total. The molecule has 2 aliphatic heterocycles. The molecule has 1 amide bonds. The fraction of sp³-hybridized carbons (Fsp3) is 0.684. The molecule has 8 nitrogen and oxygen atoms in total. The number of hydrogen-bond donors (Lipinski definition) is 3. The first-order chi connectivity index (χ1) is 14.7. The fourth-order valence-corrected chi connectivity index (χ4v) is 3.39. The Kier molecular flexibility index (Phi) is 13.4. The van der Waals surface area contributed by atoms with Gasteiger partial charge in [-0.05, 0) is 54.8 Å². The van der Waals surface area contributed by atoms with Gasteiger partial charge >= 0.3 is 6.09 Å². The summed E-state index contributed by atoms with van der Waals surface area (Å²) in [5.41, 5.74) is 1.42. The Morgan fingerprint density at radius 3 is 2.23 bits per heavy atom. The van der Waals surface area contributed by atoms with Crippen LogP contribution in [0.3, 0.4) is 0 Å². The van der Waals surface area contributed by atoms with Gasteiger partial charge in [0.05, 0.1) is 17.9 Å². The third kappa shape index (κ3) is 9.85. The minimum absolute atomic E-state index is 0.0700. The van der Waals surface area contributed by atoms with E-state index in [2.05, 4.69) is 19.8 Å². The van der Waals surface area contributed by atoms with E-state index in [4.69, 9.17) is 33.3 Å². The SMILES string of the molecule is CC(C)OC(=O)N1CCC(O)CC1.Cc1nc(Cl)c(N2CCC(=N)CC2)nc1Cl.SI. The number of aromatic nitrogens is 2. The Hall–Kier alpha value is -0.560. The number of carbonyl (C=O) groups excluding carboxylic acids is 1. The first-order valence-corrected chi connectivity index (χ1v) is 14.0. The van der Waals surface area contributed by atoms with Crippen LogP contribution in [0.5, 0.6) is 0 Å². The van der Waals surface area contributed by atoms with Gasteiger partial charge < -0.3 is 25.1 Å². The number of likely N-dealkylation sites (tertiary alicyclic amines) is 1. The van der Waals surface area contributed by atoms with Gasteiger partial charge in [-0.15, -0.1) is 9.80 Å². The predicted molar refractivity (Wildman–Crippen MR) is 137 cm³/mol. The number of hydrogen-bond acceptors (Lipinski definition) is 8. The maximum absolute atomic E-state index is 11.3. The van der Waals surface area contributed by atoms with Crippen LogP contribution in [0.4, 0.5) is 10.6 Å². The highest BCUT2D eigenvalue weighted by atomic mass is 127. The Labute approximate surface area is 211 Å². The molecule has 2 saturated heterocycles. The average Bonchev–Trinajstić information content (AvgIpc) is 2.73. The van der Waals surface area contributed by atoms with Crippen LogP contribution < -0.4 is 4.90 Å². The normalized spacial score (nSPS) is 16.9. The predicted octanol–water partition coefficient (Wildman–Crippen LogP) is 4.97. The van der Waals surface area contributed by atoms with E-state index in [-0.39, 0.29) is 18.3 Å². The Balaban J connectivity index is 0.000000293. The van der Waals surface area contributed by atoms with E-state index in [1.54, 1.807) is 11.8 Å². The van der Waals surface area contributed by atoms with Crippen LogP contribution in [-0.2, 0) is 4.74 Å². The number of rotatable bonds is 2. The van der Waals surface area contributed by atoms with E-state index in [0.717, 1.165) is 31.6 Å². The number of halogens is 3. The van der Waals surface area contributed by atoms with Gasteiger partial charge in [-0.1, -0.05) is 23.2 Å². The number of piperidine rings is 2. The van der Waals surface area contributed by atoms with Gasteiger partial charge in [0.2, 0.25) is 0 Å². The number of aryl methyl sites for hydroxylation is 1. The minimum atomic E-state index is -0.262. The number of carbonyl (C=O) groups is 1. The first kappa shape index (κ1) is 28.5. The maximum atomic E-state index is 11.3. The molecule has 0 atom stereocenters. The van der Waals surface area contributed by atoms with Gasteiger partial charge in [-0.2, -0.15) is 0 Å². The van der Waals surface area contributed by atoms with Crippen molar-refractivity contribution in [1.29, 1.82) is 5.41 Å². The molecule has 12 heteroatoms. The number of thiol groups is 1. The molecule has 3 rings (SSSR count). The topological polar surface area (TPSA) is 103 Å². The van der Waals surface area contributed by atoms with Crippen molar-refractivity contribution in [2.75, 3.05) is 31.1 Å². The largest absolute Gasteiger partial charge is 0.447 e. The van der Waals surface area contributed by atoms with Gasteiger partial charge in [-0.25, -0.2) is 14.8 Å². The summed E-state index contributed by atoms with van der Waals surface area (Å²) in [5.74, 6) is 0.629. The summed E-state index contributed by atoms with van der Waals surface area (Å²) >= 11 is 13.8. The smallest absolute Gasteiger partial charge is 0.410 e. The molecule has 0 saturated carbocycles. The molecular formula is C19H30Cl2IN5O3S. The zero-order chi connectivity index (χ0) is 23.6. The standard InChI is InChI=1S/C10H12Cl2N4.C9H17NO3.HIS/c1-6-8(11)15-10(9(12)14-6)16-4-2-7(13)3-5-16;1-7(2)13-9(12)10-5-3-8(11)4-6-10;1-2/h13H,2-5H2,1H3;7-8,11H,3-6H2,1-2H3;2H. The highest BCUT2D eigenvalue weighted by Crippen LogP contribution is 2.26. The molecule has 0 radical (unpaired) electrons. The number of aliphatic hydroxyl groups excluding tert-OH is 1. The van der Waals surface area contributed by atoms with Crippen LogP contribution in [0, 0.1) is 12.3 Å². The number of anilines is 1. The molecule has 0 spiro atoms.